The Kier molecular flexibility index (Phi) is 6.36. The smallest absolute Gasteiger partial charge is 0.340 e. The molecule has 1 amide bonds. The van der Waals surface area contributed by atoms with Gasteiger partial charge in [-0.3, -0.25) is 4.79 Å². The molecule has 0 aliphatic rings. The zero-order valence-corrected chi connectivity index (χ0v) is 15.5. The van der Waals surface area contributed by atoms with E-state index in [4.69, 9.17) is 9.47 Å². The van der Waals surface area contributed by atoms with Crippen molar-refractivity contribution in [1.82, 2.24) is 4.90 Å². The molecule has 0 radical (unpaired) electrons. The average Bonchev–Trinajstić information content (AvgIpc) is 3.13. The Bertz CT molecular complexity index is 748. The molecule has 2 aromatic rings. The number of esters is 1. The van der Waals surface area contributed by atoms with Crippen molar-refractivity contribution >= 4 is 34.9 Å². The highest BCUT2D eigenvalue weighted by Crippen LogP contribution is 2.25. The number of hydrogen-bond acceptors (Lipinski definition) is 5. The lowest BCUT2D eigenvalue weighted by Crippen LogP contribution is -2.35. The maximum absolute atomic E-state index is 12.6. The van der Waals surface area contributed by atoms with E-state index in [1.165, 1.54) is 16.2 Å². The Labute approximate surface area is 151 Å². The first-order valence-electron chi connectivity index (χ1n) is 7.74. The molecule has 2 rings (SSSR count). The first-order valence-corrected chi connectivity index (χ1v) is 8.62. The van der Waals surface area contributed by atoms with Crippen LogP contribution >= 0.6 is 11.3 Å². The largest absolute Gasteiger partial charge is 0.497 e. The maximum atomic E-state index is 12.6. The molecule has 1 heterocycles. The van der Waals surface area contributed by atoms with Crippen molar-refractivity contribution in [2.24, 2.45) is 0 Å². The van der Waals surface area contributed by atoms with Crippen LogP contribution in [0.1, 0.15) is 17.4 Å². The van der Waals surface area contributed by atoms with Gasteiger partial charge in [-0.25, -0.2) is 4.79 Å². The van der Waals surface area contributed by atoms with Gasteiger partial charge in [0.1, 0.15) is 5.75 Å². The van der Waals surface area contributed by atoms with Gasteiger partial charge >= 0.3 is 5.97 Å². The van der Waals surface area contributed by atoms with Gasteiger partial charge in [0.15, 0.2) is 6.10 Å². The van der Waals surface area contributed by atoms with Crippen LogP contribution in [0.15, 0.2) is 41.8 Å². The van der Waals surface area contributed by atoms with Gasteiger partial charge in [0, 0.05) is 19.0 Å². The molecule has 0 aliphatic carbocycles. The number of nitrogens with zero attached hydrogens (tertiary/aromatic N) is 1. The molecule has 0 N–H and O–H groups in total. The number of thiophene rings is 1. The molecule has 0 fully saturated rings. The Morgan fingerprint density at radius 2 is 1.84 bits per heavy atom. The molecule has 5 nitrogen and oxygen atoms in total. The summed E-state index contributed by atoms with van der Waals surface area (Å²) in [7, 11) is 4.85. The number of benzene rings is 1. The van der Waals surface area contributed by atoms with Crippen molar-refractivity contribution in [1.29, 1.82) is 0 Å². The number of amides is 1. The summed E-state index contributed by atoms with van der Waals surface area (Å²) in [5.41, 5.74) is 1.26. The number of methoxy groups -OCH3 is 1. The van der Waals surface area contributed by atoms with Gasteiger partial charge < -0.3 is 14.4 Å². The fraction of sp³-hybridized carbons (Fsp3) is 0.263. The minimum atomic E-state index is -0.846. The summed E-state index contributed by atoms with van der Waals surface area (Å²) < 4.78 is 10.5. The molecular weight excluding hydrogens is 338 g/mol. The van der Waals surface area contributed by atoms with Crippen molar-refractivity contribution in [3.8, 4) is 5.75 Å². The molecule has 6 heteroatoms. The third kappa shape index (κ3) is 4.93. The zero-order valence-electron chi connectivity index (χ0n) is 14.7. The summed E-state index contributed by atoms with van der Waals surface area (Å²) in [6.07, 6.45) is 0.905. The minimum absolute atomic E-state index is 0.261. The second-order valence-electron chi connectivity index (χ2n) is 5.59. The average molecular weight is 359 g/mol. The van der Waals surface area contributed by atoms with E-state index in [2.05, 4.69) is 0 Å². The number of rotatable bonds is 6. The number of carbonyl (C=O) groups is 2. The van der Waals surface area contributed by atoms with Crippen LogP contribution in [0.3, 0.4) is 0 Å². The van der Waals surface area contributed by atoms with Crippen LogP contribution in [0, 0.1) is 0 Å². The van der Waals surface area contributed by atoms with E-state index >= 15 is 0 Å². The van der Waals surface area contributed by atoms with Crippen LogP contribution in [0.25, 0.3) is 11.6 Å². The summed E-state index contributed by atoms with van der Waals surface area (Å²) >= 11 is 1.44. The Hall–Kier alpha value is -2.60. The van der Waals surface area contributed by atoms with Crippen molar-refractivity contribution in [3.05, 3.63) is 52.2 Å². The molecule has 0 saturated heterocycles. The number of likely N-dealkylation sites (N-methyl/N-ethyl adjacent to an activating group) is 1. The van der Waals surface area contributed by atoms with Crippen molar-refractivity contribution in [2.45, 2.75) is 13.0 Å². The molecule has 0 saturated carbocycles. The topological polar surface area (TPSA) is 55.8 Å². The highest BCUT2D eigenvalue weighted by atomic mass is 32.1. The first-order chi connectivity index (χ1) is 11.9. The molecular formula is C19H21NO4S. The van der Waals surface area contributed by atoms with Crippen molar-refractivity contribution < 1.29 is 19.1 Å². The number of carbonyl (C=O) groups excluding carboxylic acids is 2. The first kappa shape index (κ1) is 18.7. The molecule has 0 bridgehead atoms. The van der Waals surface area contributed by atoms with Gasteiger partial charge in [0.2, 0.25) is 0 Å². The van der Waals surface area contributed by atoms with Crippen LogP contribution in [-0.2, 0) is 14.3 Å². The third-order valence-corrected chi connectivity index (χ3v) is 4.41. The summed E-state index contributed by atoms with van der Waals surface area (Å²) in [4.78, 5) is 26.7. The number of ether oxygens (including phenoxy) is 2. The quantitative estimate of drug-likeness (QED) is 0.586. The van der Waals surface area contributed by atoms with E-state index in [1.807, 2.05) is 41.8 Å². The molecule has 1 aromatic heterocycles. The lowest BCUT2D eigenvalue weighted by atomic mass is 10.1. The molecule has 0 unspecified atom stereocenters. The second kappa shape index (κ2) is 8.48. The van der Waals surface area contributed by atoms with Crippen LogP contribution in [0.5, 0.6) is 5.75 Å². The third-order valence-electron chi connectivity index (χ3n) is 3.51. The maximum Gasteiger partial charge on any atom is 0.340 e. The van der Waals surface area contributed by atoms with Crippen LogP contribution < -0.4 is 4.74 Å². The van der Waals surface area contributed by atoms with Crippen LogP contribution in [0.2, 0.25) is 0 Å². The fourth-order valence-corrected chi connectivity index (χ4v) is 2.90. The van der Waals surface area contributed by atoms with E-state index in [0.717, 1.165) is 16.2 Å². The van der Waals surface area contributed by atoms with Crippen LogP contribution in [0.4, 0.5) is 0 Å². The lowest BCUT2D eigenvalue weighted by molar-refractivity contribution is -0.153. The molecule has 25 heavy (non-hydrogen) atoms. The van der Waals surface area contributed by atoms with Gasteiger partial charge in [-0.1, -0.05) is 18.2 Å². The normalized spacial score (nSPS) is 12.4. The van der Waals surface area contributed by atoms with Crippen molar-refractivity contribution in [3.63, 3.8) is 0 Å². The van der Waals surface area contributed by atoms with Gasteiger partial charge in [0.25, 0.3) is 5.91 Å². The predicted molar refractivity (Wildman–Crippen MR) is 99.4 cm³/mol. The Balaban J connectivity index is 2.28. The predicted octanol–water partition coefficient (Wildman–Crippen LogP) is 3.32. The monoisotopic (exact) mass is 359 g/mol. The number of hydrogen-bond donors (Lipinski definition) is 0. The van der Waals surface area contributed by atoms with Gasteiger partial charge in [-0.2, -0.15) is 0 Å². The van der Waals surface area contributed by atoms with Crippen LogP contribution in [-0.4, -0.2) is 44.1 Å². The minimum Gasteiger partial charge on any atom is -0.497 e. The fourth-order valence-electron chi connectivity index (χ4n) is 2.17. The van der Waals surface area contributed by atoms with E-state index in [0.29, 0.717) is 5.57 Å². The summed E-state index contributed by atoms with van der Waals surface area (Å²) in [6.45, 7) is 1.57. The molecule has 132 valence electrons. The lowest BCUT2D eigenvalue weighted by Gasteiger charge is -2.18. The molecule has 1 aromatic carbocycles. The second-order valence-corrected chi connectivity index (χ2v) is 6.54. The zero-order chi connectivity index (χ0) is 18.4. The Morgan fingerprint density at radius 1 is 1.16 bits per heavy atom. The molecule has 0 spiro atoms. The summed E-state index contributed by atoms with van der Waals surface area (Å²) in [6, 6.07) is 11.1. The highest BCUT2D eigenvalue weighted by molar-refractivity contribution is 7.11. The Morgan fingerprint density at radius 3 is 2.36 bits per heavy atom. The SMILES string of the molecule is COc1ccc(/C=C(/C(=O)O[C@@H](C)C(=O)N(C)C)c2cccs2)cc1. The van der Waals surface area contributed by atoms with Crippen molar-refractivity contribution in [2.75, 3.05) is 21.2 Å². The van der Waals surface area contributed by atoms with Gasteiger partial charge in [-0.15, -0.1) is 11.3 Å². The van der Waals surface area contributed by atoms with Gasteiger partial charge in [0.05, 0.1) is 12.7 Å². The van der Waals surface area contributed by atoms with Gasteiger partial charge in [-0.05, 0) is 42.1 Å². The van der Waals surface area contributed by atoms with E-state index in [9.17, 15) is 9.59 Å². The highest BCUT2D eigenvalue weighted by Gasteiger charge is 2.23. The van der Waals surface area contributed by atoms with E-state index in [1.54, 1.807) is 34.2 Å². The summed E-state index contributed by atoms with van der Waals surface area (Å²) in [5, 5.41) is 1.89. The molecule has 0 aliphatic heterocycles. The summed E-state index contributed by atoms with van der Waals surface area (Å²) in [5.74, 6) is -0.0492. The molecule has 1 atom stereocenters. The van der Waals surface area contributed by atoms with E-state index < -0.39 is 12.1 Å². The van der Waals surface area contributed by atoms with E-state index in [-0.39, 0.29) is 5.91 Å². The standard InChI is InChI=1S/C19H21NO4S/c1-13(18(21)20(2)3)24-19(22)16(17-6-5-11-25-17)12-14-7-9-15(23-4)10-8-14/h5-13H,1-4H3/b16-12+/t13-/m0/s1.